The monoisotopic (exact) mass is 147 g/mol. The molecular formula is C6H13NOS. The first-order valence-electron chi connectivity index (χ1n) is 3.25. The van der Waals surface area contributed by atoms with Crippen molar-refractivity contribution in [1.29, 1.82) is 0 Å². The van der Waals surface area contributed by atoms with Gasteiger partial charge in [-0.3, -0.25) is 4.21 Å². The van der Waals surface area contributed by atoms with Crippen molar-refractivity contribution in [3.05, 3.63) is 0 Å². The first kappa shape index (κ1) is 7.22. The van der Waals surface area contributed by atoms with Crippen LogP contribution >= 0.6 is 0 Å². The molecule has 0 bridgehead atoms. The molecule has 0 radical (unpaired) electrons. The van der Waals surface area contributed by atoms with E-state index in [2.05, 4.69) is 0 Å². The third-order valence-electron chi connectivity index (χ3n) is 2.25. The fourth-order valence-corrected chi connectivity index (χ4v) is 2.28. The van der Waals surface area contributed by atoms with Crippen LogP contribution in [-0.2, 0) is 10.8 Å². The molecule has 0 saturated heterocycles. The molecule has 0 unspecified atom stereocenters. The molecule has 0 heterocycles. The van der Waals surface area contributed by atoms with Gasteiger partial charge in [0.15, 0.2) is 0 Å². The van der Waals surface area contributed by atoms with Crippen molar-refractivity contribution in [3.8, 4) is 0 Å². The summed E-state index contributed by atoms with van der Waals surface area (Å²) in [7, 11) is -0.707. The lowest BCUT2D eigenvalue weighted by atomic mass is 9.84. The minimum Gasteiger partial charge on any atom is -0.329 e. The van der Waals surface area contributed by atoms with E-state index in [-0.39, 0.29) is 4.75 Å². The maximum atomic E-state index is 11.0. The molecule has 1 aliphatic rings. The maximum absolute atomic E-state index is 11.0. The summed E-state index contributed by atoms with van der Waals surface area (Å²) in [5.41, 5.74) is 5.48. The summed E-state index contributed by atoms with van der Waals surface area (Å²) in [5.74, 6) is 0. The van der Waals surface area contributed by atoms with Crippen molar-refractivity contribution in [2.75, 3.05) is 12.8 Å². The van der Waals surface area contributed by atoms with Gasteiger partial charge in [-0.25, -0.2) is 0 Å². The van der Waals surface area contributed by atoms with E-state index in [0.717, 1.165) is 12.8 Å². The Balaban J connectivity index is 2.57. The molecule has 1 rings (SSSR count). The molecule has 54 valence electrons. The molecule has 1 atom stereocenters. The van der Waals surface area contributed by atoms with Crippen LogP contribution in [0.4, 0.5) is 0 Å². The van der Waals surface area contributed by atoms with E-state index in [1.165, 1.54) is 6.42 Å². The third-order valence-corrected chi connectivity index (χ3v) is 4.04. The quantitative estimate of drug-likeness (QED) is 0.608. The van der Waals surface area contributed by atoms with Crippen molar-refractivity contribution in [2.45, 2.75) is 24.0 Å². The SMILES string of the molecule is C[S@@](=O)C1(CN)CCC1. The summed E-state index contributed by atoms with van der Waals surface area (Å²) >= 11 is 0. The van der Waals surface area contributed by atoms with Crippen LogP contribution in [0.3, 0.4) is 0 Å². The van der Waals surface area contributed by atoms with Crippen LogP contribution in [0, 0.1) is 0 Å². The highest BCUT2D eigenvalue weighted by Crippen LogP contribution is 2.35. The average molecular weight is 147 g/mol. The summed E-state index contributed by atoms with van der Waals surface area (Å²) in [6.07, 6.45) is 5.09. The first-order chi connectivity index (χ1) is 4.21. The standard InChI is InChI=1S/C6H13NOS/c1-9(8)6(5-7)3-2-4-6/h2-5,7H2,1H3/t9-/m1/s1. The van der Waals surface area contributed by atoms with E-state index >= 15 is 0 Å². The lowest BCUT2D eigenvalue weighted by Crippen LogP contribution is -2.47. The summed E-state index contributed by atoms with van der Waals surface area (Å²) in [6, 6.07) is 0. The Morgan fingerprint density at radius 1 is 1.67 bits per heavy atom. The minimum absolute atomic E-state index is 0.0139. The molecule has 1 aliphatic carbocycles. The van der Waals surface area contributed by atoms with Gasteiger partial charge in [-0.15, -0.1) is 0 Å². The van der Waals surface area contributed by atoms with E-state index in [1.54, 1.807) is 6.26 Å². The second kappa shape index (κ2) is 2.39. The zero-order valence-corrected chi connectivity index (χ0v) is 6.54. The zero-order chi connectivity index (χ0) is 6.91. The predicted molar refractivity (Wildman–Crippen MR) is 39.7 cm³/mol. The van der Waals surface area contributed by atoms with Crippen molar-refractivity contribution in [2.24, 2.45) is 5.73 Å². The summed E-state index contributed by atoms with van der Waals surface area (Å²) < 4.78 is 11.0. The van der Waals surface area contributed by atoms with Crippen LogP contribution in [0.1, 0.15) is 19.3 Å². The minimum atomic E-state index is -0.707. The van der Waals surface area contributed by atoms with Crippen LogP contribution < -0.4 is 5.73 Å². The lowest BCUT2D eigenvalue weighted by molar-refractivity contribution is 0.360. The average Bonchev–Trinajstić information content (AvgIpc) is 1.62. The van der Waals surface area contributed by atoms with Gasteiger partial charge in [0.25, 0.3) is 0 Å². The smallest absolute Gasteiger partial charge is 0.0578 e. The zero-order valence-electron chi connectivity index (χ0n) is 5.72. The number of hydrogen-bond acceptors (Lipinski definition) is 2. The van der Waals surface area contributed by atoms with E-state index in [1.807, 2.05) is 0 Å². The fourth-order valence-electron chi connectivity index (χ4n) is 1.18. The Hall–Kier alpha value is 0.110. The molecule has 2 N–H and O–H groups in total. The predicted octanol–water partition coefficient (Wildman–Crippen LogP) is 0.246. The molecule has 1 saturated carbocycles. The highest BCUT2D eigenvalue weighted by molar-refractivity contribution is 7.85. The molecule has 0 spiro atoms. The normalized spacial score (nSPS) is 26.9. The van der Waals surface area contributed by atoms with Crippen molar-refractivity contribution >= 4 is 10.8 Å². The largest absolute Gasteiger partial charge is 0.329 e. The number of hydrogen-bond donors (Lipinski definition) is 1. The van der Waals surface area contributed by atoms with Gasteiger partial charge in [-0.1, -0.05) is 6.42 Å². The van der Waals surface area contributed by atoms with E-state index in [9.17, 15) is 4.21 Å². The third kappa shape index (κ3) is 1.03. The fraction of sp³-hybridized carbons (Fsp3) is 1.00. The Labute approximate surface area is 58.3 Å². The second-order valence-corrected chi connectivity index (χ2v) is 4.47. The second-order valence-electron chi connectivity index (χ2n) is 2.69. The van der Waals surface area contributed by atoms with Crippen LogP contribution in [0.2, 0.25) is 0 Å². The van der Waals surface area contributed by atoms with Gasteiger partial charge < -0.3 is 5.73 Å². The summed E-state index contributed by atoms with van der Waals surface area (Å²) in [6.45, 7) is 0.593. The Morgan fingerprint density at radius 2 is 2.22 bits per heavy atom. The van der Waals surface area contributed by atoms with E-state index < -0.39 is 10.8 Å². The van der Waals surface area contributed by atoms with E-state index in [0.29, 0.717) is 6.54 Å². The molecule has 1 fully saturated rings. The van der Waals surface area contributed by atoms with Crippen LogP contribution in [0.25, 0.3) is 0 Å². The highest BCUT2D eigenvalue weighted by Gasteiger charge is 2.39. The first-order valence-corrected chi connectivity index (χ1v) is 4.81. The molecule has 0 aromatic carbocycles. The summed E-state index contributed by atoms with van der Waals surface area (Å²) in [4.78, 5) is 0. The number of rotatable bonds is 2. The molecule has 0 aliphatic heterocycles. The molecule has 3 heteroatoms. The highest BCUT2D eigenvalue weighted by atomic mass is 32.2. The van der Waals surface area contributed by atoms with Gasteiger partial charge in [0.1, 0.15) is 0 Å². The number of nitrogens with two attached hydrogens (primary N) is 1. The van der Waals surface area contributed by atoms with Gasteiger partial charge in [-0.05, 0) is 12.8 Å². The van der Waals surface area contributed by atoms with Gasteiger partial charge in [-0.2, -0.15) is 0 Å². The summed E-state index contributed by atoms with van der Waals surface area (Å²) in [5, 5.41) is 0. The van der Waals surface area contributed by atoms with Gasteiger partial charge in [0.05, 0.1) is 4.75 Å². The van der Waals surface area contributed by atoms with Gasteiger partial charge >= 0.3 is 0 Å². The molecule has 0 amide bonds. The Morgan fingerprint density at radius 3 is 2.22 bits per heavy atom. The maximum Gasteiger partial charge on any atom is 0.0578 e. The topological polar surface area (TPSA) is 43.1 Å². The van der Waals surface area contributed by atoms with Gasteiger partial charge in [0, 0.05) is 23.6 Å². The lowest BCUT2D eigenvalue weighted by Gasteiger charge is -2.38. The molecule has 0 aromatic rings. The molecule has 2 nitrogen and oxygen atoms in total. The van der Waals surface area contributed by atoms with E-state index in [4.69, 9.17) is 5.73 Å². The van der Waals surface area contributed by atoms with Crippen LogP contribution in [0.15, 0.2) is 0 Å². The van der Waals surface area contributed by atoms with Crippen molar-refractivity contribution < 1.29 is 4.21 Å². The van der Waals surface area contributed by atoms with Crippen molar-refractivity contribution in [3.63, 3.8) is 0 Å². The molecule has 0 aromatic heterocycles. The Kier molecular flexibility index (Phi) is 1.91. The van der Waals surface area contributed by atoms with Crippen molar-refractivity contribution in [1.82, 2.24) is 0 Å². The van der Waals surface area contributed by atoms with Crippen LogP contribution in [-0.4, -0.2) is 21.8 Å². The van der Waals surface area contributed by atoms with Crippen LogP contribution in [0.5, 0.6) is 0 Å². The Bertz CT molecular complexity index is 126. The van der Waals surface area contributed by atoms with Gasteiger partial charge in [0.2, 0.25) is 0 Å². The molecular weight excluding hydrogens is 134 g/mol. The molecule has 9 heavy (non-hydrogen) atoms.